The third-order valence-corrected chi connectivity index (χ3v) is 5.90. The average Bonchev–Trinajstić information content (AvgIpc) is 3.32. The molecule has 10 nitrogen and oxygen atoms in total. The standard InChI is InChI=1S/C24H30FN7O3/c1-14-5-19(6-15(2)30-14)32-12-18(9-29-32)31-24-27-10-20(11-28-24)35-13-17-7-16(23(33)26-3)8-21(34-4)22(17)25/h7-12,14-15,19,30H,5-6,13H2,1-4H3,(H,26,33)(H,27,28,31). The number of piperidine rings is 1. The van der Waals surface area contributed by atoms with E-state index in [1.165, 1.54) is 38.7 Å². The van der Waals surface area contributed by atoms with E-state index in [2.05, 4.69) is 44.9 Å². The van der Waals surface area contributed by atoms with Crippen LogP contribution in [0.2, 0.25) is 0 Å². The third kappa shape index (κ3) is 5.86. The van der Waals surface area contributed by atoms with Gasteiger partial charge in [-0.15, -0.1) is 0 Å². The van der Waals surface area contributed by atoms with Crippen molar-refractivity contribution in [1.29, 1.82) is 0 Å². The number of aromatic nitrogens is 4. The van der Waals surface area contributed by atoms with E-state index in [-0.39, 0.29) is 29.4 Å². The molecule has 186 valence electrons. The molecular weight excluding hydrogens is 453 g/mol. The lowest BCUT2D eigenvalue weighted by Gasteiger charge is -2.32. The Kier molecular flexibility index (Phi) is 7.45. The average molecular weight is 484 g/mol. The Balaban J connectivity index is 1.38. The number of carbonyl (C=O) groups excluding carboxylic acids is 1. The van der Waals surface area contributed by atoms with Crippen LogP contribution in [0, 0.1) is 5.82 Å². The Morgan fingerprint density at radius 2 is 1.91 bits per heavy atom. The van der Waals surface area contributed by atoms with E-state index >= 15 is 0 Å². The highest BCUT2D eigenvalue weighted by atomic mass is 19.1. The van der Waals surface area contributed by atoms with Gasteiger partial charge >= 0.3 is 0 Å². The van der Waals surface area contributed by atoms with Crippen molar-refractivity contribution in [2.45, 2.75) is 51.4 Å². The van der Waals surface area contributed by atoms with E-state index in [9.17, 15) is 9.18 Å². The molecule has 2 atom stereocenters. The molecule has 2 unspecified atom stereocenters. The van der Waals surface area contributed by atoms with Gasteiger partial charge in [-0.1, -0.05) is 0 Å². The summed E-state index contributed by atoms with van der Waals surface area (Å²) in [6.07, 6.45) is 8.74. The first-order valence-electron chi connectivity index (χ1n) is 11.5. The van der Waals surface area contributed by atoms with Gasteiger partial charge in [-0.3, -0.25) is 9.48 Å². The number of methoxy groups -OCH3 is 1. The highest BCUT2D eigenvalue weighted by molar-refractivity contribution is 5.94. The molecule has 0 bridgehead atoms. The number of hydrogen-bond donors (Lipinski definition) is 3. The van der Waals surface area contributed by atoms with Crippen molar-refractivity contribution >= 4 is 17.5 Å². The van der Waals surface area contributed by atoms with Gasteiger partial charge in [0.25, 0.3) is 5.91 Å². The maximum absolute atomic E-state index is 14.6. The van der Waals surface area contributed by atoms with Gasteiger partial charge in [0.15, 0.2) is 17.3 Å². The molecule has 1 fully saturated rings. The lowest BCUT2D eigenvalue weighted by Crippen LogP contribution is -2.43. The molecule has 0 radical (unpaired) electrons. The van der Waals surface area contributed by atoms with E-state index in [1.54, 1.807) is 6.20 Å². The van der Waals surface area contributed by atoms with E-state index in [0.29, 0.717) is 29.8 Å². The summed E-state index contributed by atoms with van der Waals surface area (Å²) in [7, 11) is 2.84. The summed E-state index contributed by atoms with van der Waals surface area (Å²) in [5.74, 6) is -0.231. The lowest BCUT2D eigenvalue weighted by molar-refractivity contribution is 0.0962. The quantitative estimate of drug-likeness (QED) is 0.448. The Hall–Kier alpha value is -3.73. The first kappa shape index (κ1) is 24.4. The summed E-state index contributed by atoms with van der Waals surface area (Å²) in [5.41, 5.74) is 1.24. The van der Waals surface area contributed by atoms with Crippen molar-refractivity contribution in [2.24, 2.45) is 0 Å². The fourth-order valence-corrected chi connectivity index (χ4v) is 4.28. The van der Waals surface area contributed by atoms with Crippen molar-refractivity contribution in [3.8, 4) is 11.5 Å². The van der Waals surface area contributed by atoms with Gasteiger partial charge in [-0.05, 0) is 38.8 Å². The molecular formula is C24H30FN7O3. The fraction of sp³-hybridized carbons (Fsp3) is 0.417. The molecule has 3 aromatic rings. The van der Waals surface area contributed by atoms with Crippen molar-refractivity contribution in [2.75, 3.05) is 19.5 Å². The summed E-state index contributed by atoms with van der Waals surface area (Å²) in [6.45, 7) is 4.25. The molecule has 1 aliphatic rings. The van der Waals surface area contributed by atoms with Gasteiger partial charge in [0.2, 0.25) is 5.95 Å². The smallest absolute Gasteiger partial charge is 0.251 e. The van der Waals surface area contributed by atoms with E-state index in [0.717, 1.165) is 18.5 Å². The minimum atomic E-state index is -0.589. The highest BCUT2D eigenvalue weighted by Crippen LogP contribution is 2.27. The number of carbonyl (C=O) groups is 1. The largest absolute Gasteiger partial charge is 0.494 e. The Labute approximate surface area is 203 Å². The molecule has 35 heavy (non-hydrogen) atoms. The minimum Gasteiger partial charge on any atom is -0.494 e. The molecule has 0 spiro atoms. The number of amides is 1. The number of ether oxygens (including phenoxy) is 2. The molecule has 4 rings (SSSR count). The van der Waals surface area contributed by atoms with Crippen LogP contribution in [0.5, 0.6) is 11.5 Å². The van der Waals surface area contributed by atoms with Crippen LogP contribution in [0.3, 0.4) is 0 Å². The van der Waals surface area contributed by atoms with Crippen molar-refractivity contribution in [3.63, 3.8) is 0 Å². The summed E-state index contributed by atoms with van der Waals surface area (Å²) in [6, 6.07) is 4.00. The van der Waals surface area contributed by atoms with Crippen LogP contribution < -0.4 is 25.4 Å². The molecule has 0 aliphatic carbocycles. The number of rotatable bonds is 8. The van der Waals surface area contributed by atoms with Crippen LogP contribution >= 0.6 is 0 Å². The van der Waals surface area contributed by atoms with E-state index in [1.807, 2.05) is 10.9 Å². The Morgan fingerprint density at radius 3 is 2.57 bits per heavy atom. The van der Waals surface area contributed by atoms with Crippen LogP contribution in [-0.4, -0.2) is 51.9 Å². The third-order valence-electron chi connectivity index (χ3n) is 5.90. The summed E-state index contributed by atoms with van der Waals surface area (Å²) in [4.78, 5) is 20.5. The van der Waals surface area contributed by atoms with E-state index < -0.39 is 5.82 Å². The first-order valence-corrected chi connectivity index (χ1v) is 11.5. The zero-order valence-corrected chi connectivity index (χ0v) is 20.2. The van der Waals surface area contributed by atoms with E-state index in [4.69, 9.17) is 9.47 Å². The molecule has 11 heteroatoms. The van der Waals surface area contributed by atoms with Crippen LogP contribution in [-0.2, 0) is 6.61 Å². The number of nitrogens with zero attached hydrogens (tertiary/aromatic N) is 4. The molecule has 1 aliphatic heterocycles. The second kappa shape index (κ2) is 10.7. The van der Waals surface area contributed by atoms with Crippen LogP contribution in [0.4, 0.5) is 16.0 Å². The normalized spacial score (nSPS) is 19.7. The van der Waals surface area contributed by atoms with Crippen molar-refractivity contribution < 1.29 is 18.7 Å². The number of anilines is 2. The second-order valence-corrected chi connectivity index (χ2v) is 8.69. The topological polar surface area (TPSA) is 115 Å². The number of nitrogens with one attached hydrogen (secondary N) is 3. The zero-order valence-electron chi connectivity index (χ0n) is 20.2. The summed E-state index contributed by atoms with van der Waals surface area (Å²) < 4.78 is 27.3. The SMILES string of the molecule is CNC(=O)c1cc(COc2cnc(Nc3cnn(C4CC(C)NC(C)C4)c3)nc2)c(F)c(OC)c1. The van der Waals surface area contributed by atoms with Crippen molar-refractivity contribution in [3.05, 3.63) is 53.9 Å². The van der Waals surface area contributed by atoms with Gasteiger partial charge in [-0.25, -0.2) is 14.4 Å². The predicted molar refractivity (Wildman–Crippen MR) is 129 cm³/mol. The molecule has 1 aromatic carbocycles. The Bertz CT molecular complexity index is 1160. The molecule has 1 saturated heterocycles. The fourth-order valence-electron chi connectivity index (χ4n) is 4.28. The van der Waals surface area contributed by atoms with Gasteiger partial charge in [0.05, 0.1) is 37.4 Å². The second-order valence-electron chi connectivity index (χ2n) is 8.69. The Morgan fingerprint density at radius 1 is 1.20 bits per heavy atom. The highest BCUT2D eigenvalue weighted by Gasteiger charge is 2.25. The number of halogens is 1. The predicted octanol–water partition coefficient (Wildman–Crippen LogP) is 3.20. The monoisotopic (exact) mass is 483 g/mol. The van der Waals surface area contributed by atoms with Gasteiger partial charge in [-0.2, -0.15) is 5.10 Å². The lowest BCUT2D eigenvalue weighted by atomic mass is 9.95. The molecule has 1 amide bonds. The van der Waals surface area contributed by atoms with Gasteiger partial charge in [0, 0.05) is 36.5 Å². The van der Waals surface area contributed by atoms with Crippen LogP contribution in [0.25, 0.3) is 0 Å². The van der Waals surface area contributed by atoms with Crippen LogP contribution in [0.15, 0.2) is 36.9 Å². The molecule has 2 aromatic heterocycles. The molecule has 3 N–H and O–H groups in total. The summed E-state index contributed by atoms with van der Waals surface area (Å²) >= 11 is 0. The van der Waals surface area contributed by atoms with Crippen molar-refractivity contribution in [1.82, 2.24) is 30.4 Å². The minimum absolute atomic E-state index is 0.0329. The van der Waals surface area contributed by atoms with Gasteiger partial charge in [0.1, 0.15) is 6.61 Å². The zero-order chi connectivity index (χ0) is 24.9. The first-order chi connectivity index (χ1) is 16.9. The maximum Gasteiger partial charge on any atom is 0.251 e. The maximum atomic E-state index is 14.6. The van der Waals surface area contributed by atoms with Gasteiger partial charge < -0.3 is 25.4 Å². The van der Waals surface area contributed by atoms with Crippen LogP contribution in [0.1, 0.15) is 48.7 Å². The molecule has 3 heterocycles. The number of benzene rings is 1. The summed E-state index contributed by atoms with van der Waals surface area (Å²) in [5, 5.41) is 13.7. The molecule has 0 saturated carbocycles. The number of hydrogen-bond acceptors (Lipinski definition) is 8.